The van der Waals surface area contributed by atoms with Gasteiger partial charge in [-0.3, -0.25) is 9.69 Å². The summed E-state index contributed by atoms with van der Waals surface area (Å²) in [7, 11) is -3.06. The Morgan fingerprint density at radius 3 is 2.39 bits per heavy atom. The predicted molar refractivity (Wildman–Crippen MR) is 130 cm³/mol. The zero-order chi connectivity index (χ0) is 26.1. The Morgan fingerprint density at radius 1 is 1.14 bits per heavy atom. The third kappa shape index (κ3) is 6.25. The van der Waals surface area contributed by atoms with Crippen molar-refractivity contribution >= 4 is 50.6 Å². The van der Waals surface area contributed by atoms with Crippen molar-refractivity contribution in [3.8, 4) is 11.1 Å². The van der Waals surface area contributed by atoms with Gasteiger partial charge in [0.2, 0.25) is 17.8 Å². The van der Waals surface area contributed by atoms with E-state index >= 15 is 0 Å². The Hall–Kier alpha value is -3.36. The molecule has 0 atom stereocenters. The first-order valence-corrected chi connectivity index (χ1v) is 12.8. The summed E-state index contributed by atoms with van der Waals surface area (Å²) in [5, 5.41) is 11.2. The molecule has 0 radical (unpaired) electrons. The number of halogens is 4. The molecule has 15 heteroatoms. The third-order valence-corrected chi connectivity index (χ3v) is 7.32. The molecule has 1 aliphatic rings. The van der Waals surface area contributed by atoms with Crippen LogP contribution < -0.4 is 16.4 Å². The van der Waals surface area contributed by atoms with E-state index in [0.717, 1.165) is 6.07 Å². The predicted octanol–water partition coefficient (Wildman–Crippen LogP) is 3.14. The Kier molecular flexibility index (Phi) is 7.11. The van der Waals surface area contributed by atoms with Crippen LogP contribution in [0.2, 0.25) is 5.02 Å². The summed E-state index contributed by atoms with van der Waals surface area (Å²) in [4.78, 5) is 17.8. The molecule has 1 amide bonds. The van der Waals surface area contributed by atoms with Gasteiger partial charge >= 0.3 is 6.18 Å². The minimum atomic E-state index is -4.72. The van der Waals surface area contributed by atoms with Gasteiger partial charge in [0.25, 0.3) is 0 Å². The van der Waals surface area contributed by atoms with Crippen molar-refractivity contribution in [3.63, 3.8) is 0 Å². The fourth-order valence-corrected chi connectivity index (χ4v) is 5.29. The van der Waals surface area contributed by atoms with Crippen molar-refractivity contribution in [1.82, 2.24) is 20.1 Å². The molecule has 0 bridgehead atoms. The molecular weight excluding hydrogens is 523 g/mol. The fraction of sp³-hybridized carbons (Fsp3) is 0.286. The molecule has 0 spiro atoms. The maximum atomic E-state index is 13.9. The highest BCUT2D eigenvalue weighted by molar-refractivity contribution is 7.91. The Balaban J connectivity index is 1.51. The van der Waals surface area contributed by atoms with Gasteiger partial charge in [-0.2, -0.15) is 18.2 Å². The number of H-pyrrole nitrogens is 1. The standard InChI is InChI=1S/C21H21ClF3N7O3S/c22-16-10-14(28-20-29-19(26)30-31-20)9-15(21(23,24)25)18(16)12-1-3-13(4-2-12)27-17(33)11-32-5-7-36(34,35)8-6-32/h1-4,9-10H,5-8,11H2,(H,27,33)(H4,26,28,29,30,31). The number of nitrogens with two attached hydrogens (primary N) is 1. The number of alkyl halides is 3. The number of nitrogens with one attached hydrogen (secondary N) is 3. The maximum absolute atomic E-state index is 13.9. The minimum absolute atomic E-state index is 0.00213. The highest BCUT2D eigenvalue weighted by Crippen LogP contribution is 2.43. The van der Waals surface area contributed by atoms with E-state index in [1.807, 2.05) is 0 Å². The second kappa shape index (κ2) is 9.95. The normalized spacial score (nSPS) is 16.0. The molecule has 2 heterocycles. The van der Waals surface area contributed by atoms with Gasteiger partial charge < -0.3 is 16.4 Å². The number of carbonyl (C=O) groups is 1. The Morgan fingerprint density at radius 2 is 1.81 bits per heavy atom. The van der Waals surface area contributed by atoms with Gasteiger partial charge in [-0.25, -0.2) is 13.5 Å². The third-order valence-electron chi connectivity index (χ3n) is 5.42. The number of hydrogen-bond acceptors (Lipinski definition) is 8. The van der Waals surface area contributed by atoms with Crippen LogP contribution in [0.5, 0.6) is 0 Å². The van der Waals surface area contributed by atoms with Crippen molar-refractivity contribution in [3.05, 3.63) is 47.0 Å². The molecule has 192 valence electrons. The summed E-state index contributed by atoms with van der Waals surface area (Å²) >= 11 is 6.27. The molecule has 5 N–H and O–H groups in total. The number of rotatable bonds is 6. The molecule has 4 rings (SSSR count). The summed E-state index contributed by atoms with van der Waals surface area (Å²) in [6, 6.07) is 7.97. The van der Waals surface area contributed by atoms with Gasteiger partial charge in [0.15, 0.2) is 9.84 Å². The fourth-order valence-electron chi connectivity index (χ4n) is 3.69. The molecule has 1 saturated heterocycles. The lowest BCUT2D eigenvalue weighted by Gasteiger charge is -2.25. The number of anilines is 4. The number of nitrogens with zero attached hydrogens (tertiary/aromatic N) is 3. The summed E-state index contributed by atoms with van der Waals surface area (Å²) in [6.07, 6.45) is -4.72. The molecule has 1 fully saturated rings. The van der Waals surface area contributed by atoms with Gasteiger partial charge in [0.05, 0.1) is 28.6 Å². The second-order valence-electron chi connectivity index (χ2n) is 8.10. The lowest BCUT2D eigenvalue weighted by Crippen LogP contribution is -2.43. The van der Waals surface area contributed by atoms with E-state index in [9.17, 15) is 26.4 Å². The monoisotopic (exact) mass is 543 g/mol. The largest absolute Gasteiger partial charge is 0.417 e. The molecule has 2 aromatic carbocycles. The maximum Gasteiger partial charge on any atom is 0.417 e. The molecule has 1 aliphatic heterocycles. The van der Waals surface area contributed by atoms with Crippen LogP contribution in [0.25, 0.3) is 11.1 Å². The molecule has 3 aromatic rings. The van der Waals surface area contributed by atoms with Crippen LogP contribution >= 0.6 is 11.6 Å². The molecular formula is C21H21ClF3N7O3S. The lowest BCUT2D eigenvalue weighted by molar-refractivity contribution is -0.137. The van der Waals surface area contributed by atoms with E-state index in [1.165, 1.54) is 30.3 Å². The van der Waals surface area contributed by atoms with Gasteiger partial charge in [-0.15, -0.1) is 5.10 Å². The van der Waals surface area contributed by atoms with E-state index in [-0.39, 0.29) is 70.8 Å². The quantitative estimate of drug-likeness (QED) is 0.371. The van der Waals surface area contributed by atoms with Crippen LogP contribution in [0, 0.1) is 0 Å². The highest BCUT2D eigenvalue weighted by atomic mass is 35.5. The van der Waals surface area contributed by atoms with Crippen molar-refractivity contribution in [2.75, 3.05) is 47.5 Å². The number of aromatic amines is 1. The average Bonchev–Trinajstić information content (AvgIpc) is 3.19. The van der Waals surface area contributed by atoms with E-state index < -0.39 is 21.6 Å². The second-order valence-corrected chi connectivity index (χ2v) is 10.8. The molecule has 10 nitrogen and oxygen atoms in total. The lowest BCUT2D eigenvalue weighted by atomic mass is 9.98. The van der Waals surface area contributed by atoms with Crippen LogP contribution in [-0.2, 0) is 20.8 Å². The van der Waals surface area contributed by atoms with Crippen LogP contribution in [0.15, 0.2) is 36.4 Å². The van der Waals surface area contributed by atoms with Crippen molar-refractivity contribution in [1.29, 1.82) is 0 Å². The SMILES string of the molecule is Nc1nc(Nc2cc(Cl)c(-c3ccc(NC(=O)CN4CCS(=O)(=O)CC4)cc3)c(C(F)(F)F)c2)n[nH]1. The first kappa shape index (κ1) is 25.7. The van der Waals surface area contributed by atoms with E-state index in [2.05, 4.69) is 25.8 Å². The van der Waals surface area contributed by atoms with Crippen LogP contribution in [0.1, 0.15) is 5.56 Å². The molecule has 36 heavy (non-hydrogen) atoms. The van der Waals surface area contributed by atoms with Crippen LogP contribution in [0.3, 0.4) is 0 Å². The first-order valence-electron chi connectivity index (χ1n) is 10.6. The van der Waals surface area contributed by atoms with Crippen molar-refractivity contribution < 1.29 is 26.4 Å². The van der Waals surface area contributed by atoms with Gasteiger partial charge in [-0.1, -0.05) is 23.7 Å². The molecule has 0 aliphatic carbocycles. The highest BCUT2D eigenvalue weighted by Gasteiger charge is 2.35. The molecule has 0 unspecified atom stereocenters. The first-order chi connectivity index (χ1) is 16.9. The number of aromatic nitrogens is 3. The van der Waals surface area contributed by atoms with Gasteiger partial charge in [0.1, 0.15) is 0 Å². The zero-order valence-corrected chi connectivity index (χ0v) is 20.1. The van der Waals surface area contributed by atoms with E-state index in [0.29, 0.717) is 5.69 Å². The van der Waals surface area contributed by atoms with Gasteiger partial charge in [0, 0.05) is 30.0 Å². The van der Waals surface area contributed by atoms with E-state index in [4.69, 9.17) is 17.3 Å². The molecule has 0 saturated carbocycles. The number of sulfone groups is 1. The molecule has 1 aromatic heterocycles. The topological polar surface area (TPSA) is 146 Å². The Bertz CT molecular complexity index is 1360. The summed E-state index contributed by atoms with van der Waals surface area (Å²) < 4.78 is 64.8. The zero-order valence-electron chi connectivity index (χ0n) is 18.6. The Labute approximate surface area is 208 Å². The van der Waals surface area contributed by atoms with Gasteiger partial charge in [-0.05, 0) is 29.8 Å². The van der Waals surface area contributed by atoms with Crippen molar-refractivity contribution in [2.45, 2.75) is 6.18 Å². The summed E-state index contributed by atoms with van der Waals surface area (Å²) in [5.41, 5.74) is 4.82. The van der Waals surface area contributed by atoms with Crippen LogP contribution in [-0.4, -0.2) is 65.5 Å². The number of benzene rings is 2. The summed E-state index contributed by atoms with van der Waals surface area (Å²) in [6.45, 7) is 0.538. The smallest absolute Gasteiger partial charge is 0.368 e. The van der Waals surface area contributed by atoms with Crippen LogP contribution in [0.4, 0.5) is 36.4 Å². The number of nitrogen functional groups attached to an aromatic ring is 1. The minimum Gasteiger partial charge on any atom is -0.368 e. The average molecular weight is 544 g/mol. The van der Waals surface area contributed by atoms with Crippen molar-refractivity contribution in [2.24, 2.45) is 0 Å². The van der Waals surface area contributed by atoms with E-state index in [1.54, 1.807) is 4.90 Å². The summed E-state index contributed by atoms with van der Waals surface area (Å²) in [5.74, 6) is -0.391. The number of hydrogen-bond donors (Lipinski definition) is 4. The number of amides is 1. The number of carbonyl (C=O) groups excluding carboxylic acids is 1.